The van der Waals surface area contributed by atoms with Crippen molar-refractivity contribution in [2.45, 2.75) is 45.1 Å². The first-order chi connectivity index (χ1) is 12.7. The highest BCUT2D eigenvalue weighted by atomic mass is 32.2. The first kappa shape index (κ1) is 21.3. The number of rotatable bonds is 9. The van der Waals surface area contributed by atoms with Crippen LogP contribution in [0.5, 0.6) is 0 Å². The van der Waals surface area contributed by atoms with Gasteiger partial charge in [-0.1, -0.05) is 17.7 Å². The van der Waals surface area contributed by atoms with Gasteiger partial charge in [-0.25, -0.2) is 13.1 Å². The molecule has 2 aromatic rings. The standard InChI is InChI=1S/C17H25N5O3S2/c1-4-22-15(20-21-17(22)26)7-9-18-16(23)8-10-19-27(24,25)14-6-5-12(2)11-13(14)3/h5-6,11,19H,4,7-10H2,1-3H3,(H,18,23)(H,21,26). The molecule has 0 unspecified atom stereocenters. The maximum Gasteiger partial charge on any atom is 0.240 e. The largest absolute Gasteiger partial charge is 0.356 e. The summed E-state index contributed by atoms with van der Waals surface area (Å²) in [5.41, 5.74) is 1.67. The van der Waals surface area contributed by atoms with Gasteiger partial charge in [0.15, 0.2) is 4.77 Å². The van der Waals surface area contributed by atoms with Gasteiger partial charge in [0.05, 0.1) is 4.90 Å². The minimum absolute atomic E-state index is 0.0369. The molecule has 1 heterocycles. The molecule has 0 saturated carbocycles. The van der Waals surface area contributed by atoms with E-state index in [4.69, 9.17) is 12.2 Å². The Morgan fingerprint density at radius 2 is 2.04 bits per heavy atom. The molecule has 8 nitrogen and oxygen atoms in total. The molecule has 0 atom stereocenters. The minimum Gasteiger partial charge on any atom is -0.356 e. The molecule has 27 heavy (non-hydrogen) atoms. The number of carbonyl (C=O) groups is 1. The van der Waals surface area contributed by atoms with E-state index in [0.717, 1.165) is 11.4 Å². The van der Waals surface area contributed by atoms with Gasteiger partial charge in [0.25, 0.3) is 0 Å². The number of hydrogen-bond acceptors (Lipinski definition) is 5. The van der Waals surface area contributed by atoms with Crippen LogP contribution in [-0.2, 0) is 27.8 Å². The number of aromatic amines is 1. The molecule has 0 aliphatic heterocycles. The van der Waals surface area contributed by atoms with Gasteiger partial charge in [-0.05, 0) is 44.6 Å². The number of sulfonamides is 1. The fourth-order valence-corrected chi connectivity index (χ4v) is 4.28. The van der Waals surface area contributed by atoms with Crippen molar-refractivity contribution >= 4 is 28.1 Å². The van der Waals surface area contributed by atoms with Crippen LogP contribution in [0.1, 0.15) is 30.3 Å². The Morgan fingerprint density at radius 1 is 1.30 bits per heavy atom. The zero-order valence-electron chi connectivity index (χ0n) is 15.7. The second kappa shape index (κ2) is 9.25. The monoisotopic (exact) mass is 411 g/mol. The van der Waals surface area contributed by atoms with Gasteiger partial charge < -0.3 is 9.88 Å². The number of nitrogens with one attached hydrogen (secondary N) is 3. The van der Waals surface area contributed by atoms with Crippen molar-refractivity contribution in [3.8, 4) is 0 Å². The lowest BCUT2D eigenvalue weighted by Crippen LogP contribution is -2.32. The average Bonchev–Trinajstić information content (AvgIpc) is 2.94. The average molecular weight is 412 g/mol. The van der Waals surface area contributed by atoms with E-state index in [1.54, 1.807) is 19.1 Å². The van der Waals surface area contributed by atoms with Crippen LogP contribution in [0.4, 0.5) is 0 Å². The maximum atomic E-state index is 12.4. The summed E-state index contributed by atoms with van der Waals surface area (Å²) < 4.78 is 29.6. The highest BCUT2D eigenvalue weighted by Gasteiger charge is 2.16. The molecule has 0 aliphatic carbocycles. The molecule has 2 rings (SSSR count). The molecule has 0 saturated heterocycles. The Kier molecular flexibility index (Phi) is 7.28. The summed E-state index contributed by atoms with van der Waals surface area (Å²) in [6.45, 7) is 6.77. The van der Waals surface area contributed by atoms with Crippen LogP contribution >= 0.6 is 12.2 Å². The maximum absolute atomic E-state index is 12.4. The molecule has 0 fully saturated rings. The Bertz CT molecular complexity index is 963. The van der Waals surface area contributed by atoms with E-state index in [9.17, 15) is 13.2 Å². The van der Waals surface area contributed by atoms with E-state index in [1.807, 2.05) is 24.5 Å². The Labute approximate surface area is 164 Å². The van der Waals surface area contributed by atoms with Crippen molar-refractivity contribution < 1.29 is 13.2 Å². The van der Waals surface area contributed by atoms with Crippen LogP contribution < -0.4 is 10.0 Å². The number of H-pyrrole nitrogens is 1. The quantitative estimate of drug-likeness (QED) is 0.543. The fraction of sp³-hybridized carbons (Fsp3) is 0.471. The topological polar surface area (TPSA) is 109 Å². The van der Waals surface area contributed by atoms with Crippen LogP contribution in [0, 0.1) is 18.6 Å². The third kappa shape index (κ3) is 5.72. The lowest BCUT2D eigenvalue weighted by molar-refractivity contribution is -0.120. The molecule has 0 spiro atoms. The summed E-state index contributed by atoms with van der Waals surface area (Å²) >= 11 is 5.12. The molecular weight excluding hydrogens is 386 g/mol. The molecule has 0 radical (unpaired) electrons. The van der Waals surface area contributed by atoms with E-state index in [1.165, 1.54) is 0 Å². The third-order valence-corrected chi connectivity index (χ3v) is 6.02. The fourth-order valence-electron chi connectivity index (χ4n) is 2.75. The SMILES string of the molecule is CCn1c(CCNC(=O)CCNS(=O)(=O)c2ccc(C)cc2C)n[nH]c1=S. The zero-order chi connectivity index (χ0) is 20.0. The summed E-state index contributed by atoms with van der Waals surface area (Å²) in [5.74, 6) is 0.550. The summed E-state index contributed by atoms with van der Waals surface area (Å²) in [4.78, 5) is 12.2. The summed E-state index contributed by atoms with van der Waals surface area (Å²) in [7, 11) is -3.63. The number of carbonyl (C=O) groups excluding carboxylic acids is 1. The first-order valence-corrected chi connectivity index (χ1v) is 10.6. The van der Waals surface area contributed by atoms with E-state index in [0.29, 0.717) is 29.8 Å². The van der Waals surface area contributed by atoms with Crippen LogP contribution in [0.15, 0.2) is 23.1 Å². The number of aromatic nitrogens is 3. The molecule has 0 aliphatic rings. The van der Waals surface area contributed by atoms with Crippen LogP contribution in [-0.4, -0.2) is 42.2 Å². The van der Waals surface area contributed by atoms with Crippen molar-refractivity contribution in [3.05, 3.63) is 39.9 Å². The molecule has 1 aromatic heterocycles. The molecule has 148 valence electrons. The number of amides is 1. The molecule has 1 amide bonds. The van der Waals surface area contributed by atoms with Crippen molar-refractivity contribution in [1.29, 1.82) is 0 Å². The lowest BCUT2D eigenvalue weighted by atomic mass is 10.2. The van der Waals surface area contributed by atoms with Crippen LogP contribution in [0.3, 0.4) is 0 Å². The zero-order valence-corrected chi connectivity index (χ0v) is 17.3. The Hall–Kier alpha value is -2.04. The van der Waals surface area contributed by atoms with Gasteiger partial charge in [-0.2, -0.15) is 5.10 Å². The predicted molar refractivity (Wildman–Crippen MR) is 106 cm³/mol. The Balaban J connectivity index is 1.79. The predicted octanol–water partition coefficient (Wildman–Crippen LogP) is 1.60. The molecule has 0 bridgehead atoms. The van der Waals surface area contributed by atoms with E-state index < -0.39 is 10.0 Å². The van der Waals surface area contributed by atoms with Gasteiger partial charge >= 0.3 is 0 Å². The normalized spacial score (nSPS) is 11.5. The van der Waals surface area contributed by atoms with Crippen molar-refractivity contribution in [3.63, 3.8) is 0 Å². The molecule has 3 N–H and O–H groups in total. The molecular formula is C17H25N5O3S2. The van der Waals surface area contributed by atoms with Crippen LogP contribution in [0.2, 0.25) is 0 Å². The number of benzene rings is 1. The van der Waals surface area contributed by atoms with E-state index in [-0.39, 0.29) is 23.8 Å². The van der Waals surface area contributed by atoms with Crippen LogP contribution in [0.25, 0.3) is 0 Å². The highest BCUT2D eigenvalue weighted by Crippen LogP contribution is 2.16. The second-order valence-corrected chi connectivity index (χ2v) is 8.33. The highest BCUT2D eigenvalue weighted by molar-refractivity contribution is 7.89. The van der Waals surface area contributed by atoms with Gasteiger partial charge in [0.2, 0.25) is 15.9 Å². The molecule has 10 heteroatoms. The van der Waals surface area contributed by atoms with Crippen molar-refractivity contribution in [1.82, 2.24) is 24.8 Å². The second-order valence-electron chi connectivity index (χ2n) is 6.21. The summed E-state index contributed by atoms with van der Waals surface area (Å²) in [6.07, 6.45) is 0.603. The van der Waals surface area contributed by atoms with E-state index in [2.05, 4.69) is 20.2 Å². The summed E-state index contributed by atoms with van der Waals surface area (Å²) in [5, 5.41) is 9.62. The Morgan fingerprint density at radius 3 is 2.70 bits per heavy atom. The van der Waals surface area contributed by atoms with Gasteiger partial charge in [-0.15, -0.1) is 0 Å². The van der Waals surface area contributed by atoms with Gasteiger partial charge in [0.1, 0.15) is 5.82 Å². The minimum atomic E-state index is -3.63. The number of nitrogens with zero attached hydrogens (tertiary/aromatic N) is 2. The van der Waals surface area contributed by atoms with Crippen molar-refractivity contribution in [2.75, 3.05) is 13.1 Å². The smallest absolute Gasteiger partial charge is 0.240 e. The number of hydrogen-bond donors (Lipinski definition) is 3. The lowest BCUT2D eigenvalue weighted by Gasteiger charge is -2.10. The van der Waals surface area contributed by atoms with Crippen molar-refractivity contribution in [2.24, 2.45) is 0 Å². The third-order valence-electron chi connectivity index (χ3n) is 4.09. The summed E-state index contributed by atoms with van der Waals surface area (Å²) in [6, 6.07) is 5.14. The van der Waals surface area contributed by atoms with E-state index >= 15 is 0 Å². The van der Waals surface area contributed by atoms with Gasteiger partial charge in [-0.3, -0.25) is 9.89 Å². The molecule has 1 aromatic carbocycles. The number of aryl methyl sites for hydroxylation is 2. The first-order valence-electron chi connectivity index (χ1n) is 8.72. The van der Waals surface area contributed by atoms with Gasteiger partial charge in [0, 0.05) is 32.5 Å².